The third-order valence-electron chi connectivity index (χ3n) is 5.09. The molecule has 0 saturated carbocycles. The molecule has 2 aliphatic heterocycles. The van der Waals surface area contributed by atoms with Crippen LogP contribution in [0.5, 0.6) is 0 Å². The molecule has 2 bridgehead atoms. The predicted octanol–water partition coefficient (Wildman–Crippen LogP) is 1.43. The van der Waals surface area contributed by atoms with Gasteiger partial charge in [0.05, 0.1) is 46.3 Å². The van der Waals surface area contributed by atoms with Crippen LogP contribution in [0.4, 0.5) is 5.69 Å². The summed E-state index contributed by atoms with van der Waals surface area (Å²) in [5.41, 5.74) is 6.31. The SMILES string of the molecule is Cc1cc2c([nH]1)/C=C1\C(=O)Nc3cnc(cc31)-c1cn[nH]c1CNCCNC2=O. The van der Waals surface area contributed by atoms with E-state index < -0.39 is 0 Å². The van der Waals surface area contributed by atoms with Crippen molar-refractivity contribution >= 4 is 29.2 Å². The molecule has 0 radical (unpaired) electrons. The molecule has 9 nitrogen and oxygen atoms in total. The van der Waals surface area contributed by atoms with E-state index in [-0.39, 0.29) is 11.8 Å². The summed E-state index contributed by atoms with van der Waals surface area (Å²) in [5, 5.41) is 16.2. The molecule has 0 fully saturated rings. The van der Waals surface area contributed by atoms with Crippen LogP contribution in [0.25, 0.3) is 22.9 Å². The van der Waals surface area contributed by atoms with Crippen molar-refractivity contribution in [3.63, 3.8) is 0 Å². The van der Waals surface area contributed by atoms with E-state index in [4.69, 9.17) is 0 Å². The number of amides is 2. The maximum atomic E-state index is 12.7. The normalized spacial score (nSPS) is 17.9. The molecule has 5 N–H and O–H groups in total. The second-order valence-corrected chi connectivity index (χ2v) is 7.10. The Morgan fingerprint density at radius 2 is 1.90 bits per heavy atom. The Morgan fingerprint density at radius 3 is 2.79 bits per heavy atom. The molecule has 2 aliphatic rings. The topological polar surface area (TPSA) is 128 Å². The Hall–Kier alpha value is -3.72. The molecule has 3 aromatic heterocycles. The molecule has 0 aliphatic carbocycles. The van der Waals surface area contributed by atoms with Crippen molar-refractivity contribution in [2.24, 2.45) is 0 Å². The van der Waals surface area contributed by atoms with Gasteiger partial charge in [-0.15, -0.1) is 0 Å². The molecule has 5 heterocycles. The van der Waals surface area contributed by atoms with Crippen LogP contribution in [-0.2, 0) is 11.3 Å². The molecule has 0 aromatic carbocycles. The average molecular weight is 389 g/mol. The number of nitrogens with one attached hydrogen (secondary N) is 5. The standard InChI is InChI=1S/C20H19N7O2/c1-10-4-13-16(25-10)6-12-11-5-15(23-9-17(11)26-20(12)29)14-7-24-27-18(14)8-21-2-3-22-19(13)28/h4-7,9,21,25H,2-3,8H2,1H3,(H,22,28)(H,24,27)(H,26,29)/b12-6-. The Labute approximate surface area is 166 Å². The second kappa shape index (κ2) is 6.71. The number of H-pyrrole nitrogens is 2. The first kappa shape index (κ1) is 17.4. The molecule has 3 aromatic rings. The summed E-state index contributed by atoms with van der Waals surface area (Å²) in [4.78, 5) is 33.0. The molecule has 9 heteroatoms. The number of aryl methyl sites for hydroxylation is 1. The monoisotopic (exact) mass is 389 g/mol. The number of aromatic amines is 2. The number of rotatable bonds is 0. The van der Waals surface area contributed by atoms with Crippen LogP contribution >= 0.6 is 0 Å². The number of fused-ring (bicyclic) bond motifs is 4. The summed E-state index contributed by atoms with van der Waals surface area (Å²) in [6.07, 6.45) is 5.10. The van der Waals surface area contributed by atoms with Gasteiger partial charge >= 0.3 is 0 Å². The van der Waals surface area contributed by atoms with Crippen LogP contribution in [0, 0.1) is 6.92 Å². The smallest absolute Gasteiger partial charge is 0.256 e. The molecule has 29 heavy (non-hydrogen) atoms. The fourth-order valence-electron chi connectivity index (χ4n) is 3.68. The van der Waals surface area contributed by atoms with Crippen molar-refractivity contribution in [3.05, 3.63) is 52.7 Å². The molecule has 5 rings (SSSR count). The quantitative estimate of drug-likeness (QED) is 0.397. The van der Waals surface area contributed by atoms with Crippen molar-refractivity contribution in [3.8, 4) is 11.3 Å². The summed E-state index contributed by atoms with van der Waals surface area (Å²) in [6, 6.07) is 3.66. The van der Waals surface area contributed by atoms with Gasteiger partial charge in [0.25, 0.3) is 11.8 Å². The lowest BCUT2D eigenvalue weighted by Gasteiger charge is -2.07. The minimum atomic E-state index is -0.226. The maximum absolute atomic E-state index is 12.7. The molecule has 0 unspecified atom stereocenters. The molecule has 146 valence electrons. The fraction of sp³-hybridized carbons (Fsp3) is 0.200. The number of nitrogens with zero attached hydrogens (tertiary/aromatic N) is 2. The zero-order valence-electron chi connectivity index (χ0n) is 15.7. The third-order valence-corrected chi connectivity index (χ3v) is 5.09. The van der Waals surface area contributed by atoms with Gasteiger partial charge in [-0.3, -0.25) is 19.7 Å². The van der Waals surface area contributed by atoms with Crippen LogP contribution in [0.2, 0.25) is 0 Å². The van der Waals surface area contributed by atoms with Crippen molar-refractivity contribution in [1.29, 1.82) is 0 Å². The Balaban J connectivity index is 1.69. The highest BCUT2D eigenvalue weighted by Gasteiger charge is 2.27. The number of hydrogen-bond acceptors (Lipinski definition) is 5. The van der Waals surface area contributed by atoms with Gasteiger partial charge in [0.2, 0.25) is 0 Å². The molecular weight excluding hydrogens is 370 g/mol. The minimum absolute atomic E-state index is 0.186. The number of carbonyl (C=O) groups excluding carboxylic acids is 2. The zero-order valence-corrected chi connectivity index (χ0v) is 15.7. The van der Waals surface area contributed by atoms with Crippen molar-refractivity contribution in [2.45, 2.75) is 13.5 Å². The van der Waals surface area contributed by atoms with E-state index in [0.29, 0.717) is 42.2 Å². The van der Waals surface area contributed by atoms with Gasteiger partial charge in [0, 0.05) is 36.5 Å². The summed E-state index contributed by atoms with van der Waals surface area (Å²) in [6.45, 7) is 3.51. The van der Waals surface area contributed by atoms with Crippen molar-refractivity contribution < 1.29 is 9.59 Å². The van der Waals surface area contributed by atoms with E-state index in [1.54, 1.807) is 24.5 Å². The van der Waals surface area contributed by atoms with E-state index >= 15 is 0 Å². The molecule has 0 saturated heterocycles. The van der Waals surface area contributed by atoms with E-state index in [1.807, 2.05) is 13.0 Å². The van der Waals surface area contributed by atoms with Gasteiger partial charge in [-0.25, -0.2) is 0 Å². The first-order valence-corrected chi connectivity index (χ1v) is 9.35. The Morgan fingerprint density at radius 1 is 1.00 bits per heavy atom. The van der Waals surface area contributed by atoms with Crippen molar-refractivity contribution in [1.82, 2.24) is 30.8 Å². The highest BCUT2D eigenvalue weighted by atomic mass is 16.2. The van der Waals surface area contributed by atoms with Gasteiger partial charge in [0.15, 0.2) is 0 Å². The minimum Gasteiger partial charge on any atom is -0.358 e. The van der Waals surface area contributed by atoms with Gasteiger partial charge < -0.3 is 20.9 Å². The average Bonchev–Trinajstić information content (AvgIpc) is 3.39. The lowest BCUT2D eigenvalue weighted by Crippen LogP contribution is -2.31. The van der Waals surface area contributed by atoms with Crippen LogP contribution in [-0.4, -0.2) is 45.1 Å². The second-order valence-electron chi connectivity index (χ2n) is 7.10. The van der Waals surface area contributed by atoms with Gasteiger partial charge in [-0.1, -0.05) is 0 Å². The largest absolute Gasteiger partial charge is 0.358 e. The van der Waals surface area contributed by atoms with E-state index in [2.05, 4.69) is 36.1 Å². The maximum Gasteiger partial charge on any atom is 0.256 e. The van der Waals surface area contributed by atoms with Crippen LogP contribution in [0.15, 0.2) is 24.5 Å². The number of aromatic nitrogens is 4. The highest BCUT2D eigenvalue weighted by molar-refractivity contribution is 6.35. The molecule has 0 spiro atoms. The third kappa shape index (κ3) is 3.01. The summed E-state index contributed by atoms with van der Waals surface area (Å²) in [5.74, 6) is -0.412. The Bertz CT molecular complexity index is 1170. The molecule has 0 atom stereocenters. The first-order valence-electron chi connectivity index (χ1n) is 9.35. The van der Waals surface area contributed by atoms with E-state index in [1.165, 1.54) is 0 Å². The van der Waals surface area contributed by atoms with Crippen LogP contribution < -0.4 is 16.0 Å². The lowest BCUT2D eigenvalue weighted by atomic mass is 10.0. The number of hydrogen-bond donors (Lipinski definition) is 5. The van der Waals surface area contributed by atoms with Gasteiger partial charge in [-0.05, 0) is 25.1 Å². The highest BCUT2D eigenvalue weighted by Crippen LogP contribution is 2.35. The summed E-state index contributed by atoms with van der Waals surface area (Å²) < 4.78 is 0. The number of carbonyl (C=O) groups is 2. The first-order chi connectivity index (χ1) is 14.1. The lowest BCUT2D eigenvalue weighted by molar-refractivity contribution is -0.110. The number of anilines is 1. The van der Waals surface area contributed by atoms with Crippen molar-refractivity contribution in [2.75, 3.05) is 18.4 Å². The predicted molar refractivity (Wildman–Crippen MR) is 108 cm³/mol. The summed E-state index contributed by atoms with van der Waals surface area (Å²) in [7, 11) is 0. The van der Waals surface area contributed by atoms with Crippen LogP contribution in [0.1, 0.15) is 33.0 Å². The summed E-state index contributed by atoms with van der Waals surface area (Å²) >= 11 is 0. The fourth-order valence-corrected chi connectivity index (χ4v) is 3.68. The zero-order chi connectivity index (χ0) is 20.0. The van der Waals surface area contributed by atoms with E-state index in [0.717, 1.165) is 28.2 Å². The molecule has 2 amide bonds. The van der Waals surface area contributed by atoms with Gasteiger partial charge in [-0.2, -0.15) is 5.10 Å². The van der Waals surface area contributed by atoms with Gasteiger partial charge in [0.1, 0.15) is 0 Å². The molecular formula is C20H19N7O2. The number of pyridine rings is 1. The van der Waals surface area contributed by atoms with E-state index in [9.17, 15) is 9.59 Å². The Kier molecular flexibility index (Phi) is 4.02. The van der Waals surface area contributed by atoms with Crippen LogP contribution in [0.3, 0.4) is 0 Å².